The molecule has 0 saturated carbocycles. The third-order valence-corrected chi connectivity index (χ3v) is 14.7. The van der Waals surface area contributed by atoms with Crippen LogP contribution in [-0.2, 0) is 28.6 Å². The van der Waals surface area contributed by atoms with Crippen LogP contribution in [0.25, 0.3) is 0 Å². The molecule has 0 fully saturated rings. The highest BCUT2D eigenvalue weighted by atomic mass is 16.6. The third-order valence-electron chi connectivity index (χ3n) is 14.7. The molecule has 0 aliphatic carbocycles. The fourth-order valence-electron chi connectivity index (χ4n) is 9.64. The van der Waals surface area contributed by atoms with Crippen molar-refractivity contribution in [3.05, 3.63) is 109 Å². The molecule has 0 aliphatic heterocycles. The lowest BCUT2D eigenvalue weighted by atomic mass is 10.0. The Labute approximate surface area is 501 Å². The number of ether oxygens (including phenoxy) is 3. The second-order valence-corrected chi connectivity index (χ2v) is 22.7. The van der Waals surface area contributed by atoms with Gasteiger partial charge in [-0.15, -0.1) is 0 Å². The molecule has 0 aromatic heterocycles. The molecular formula is C75H128O6. The molecule has 1 atom stereocenters. The van der Waals surface area contributed by atoms with E-state index in [1.54, 1.807) is 0 Å². The maximum atomic E-state index is 12.9. The minimum atomic E-state index is -0.788. The number of hydrogen-bond donors (Lipinski definition) is 0. The van der Waals surface area contributed by atoms with E-state index in [2.05, 4.69) is 130 Å². The molecule has 0 saturated heterocycles. The van der Waals surface area contributed by atoms with E-state index in [1.165, 1.54) is 154 Å². The molecule has 0 aliphatic rings. The molecule has 0 aromatic carbocycles. The molecule has 1 unspecified atom stereocenters. The summed E-state index contributed by atoms with van der Waals surface area (Å²) >= 11 is 0. The predicted molar refractivity (Wildman–Crippen MR) is 353 cm³/mol. The molecule has 0 aromatic rings. The van der Waals surface area contributed by atoms with E-state index in [0.29, 0.717) is 19.3 Å². The van der Waals surface area contributed by atoms with Gasteiger partial charge in [-0.3, -0.25) is 14.4 Å². The first-order valence-electron chi connectivity index (χ1n) is 34.4. The lowest BCUT2D eigenvalue weighted by Gasteiger charge is -2.18. The Kier molecular flexibility index (Phi) is 65.2. The van der Waals surface area contributed by atoms with Crippen molar-refractivity contribution in [2.45, 2.75) is 335 Å². The van der Waals surface area contributed by atoms with Crippen LogP contribution in [-0.4, -0.2) is 37.2 Å². The van der Waals surface area contributed by atoms with Gasteiger partial charge in [-0.05, 0) is 103 Å². The van der Waals surface area contributed by atoms with Crippen molar-refractivity contribution in [1.29, 1.82) is 0 Å². The Morgan fingerprint density at radius 3 is 0.815 bits per heavy atom. The average molecular weight is 1130 g/mol. The Morgan fingerprint density at radius 1 is 0.259 bits per heavy atom. The molecule has 6 heteroatoms. The van der Waals surface area contributed by atoms with Gasteiger partial charge >= 0.3 is 17.9 Å². The van der Waals surface area contributed by atoms with Gasteiger partial charge < -0.3 is 14.2 Å². The summed E-state index contributed by atoms with van der Waals surface area (Å²) in [7, 11) is 0. The summed E-state index contributed by atoms with van der Waals surface area (Å²) in [6, 6.07) is 0. The van der Waals surface area contributed by atoms with Crippen molar-refractivity contribution >= 4 is 17.9 Å². The molecule has 0 N–H and O–H groups in total. The second kappa shape index (κ2) is 68.6. The fourth-order valence-corrected chi connectivity index (χ4v) is 9.64. The van der Waals surface area contributed by atoms with Gasteiger partial charge in [0, 0.05) is 19.3 Å². The van der Waals surface area contributed by atoms with Gasteiger partial charge in [-0.25, -0.2) is 0 Å². The SMILES string of the molecule is CC/C=C\C/C=C\C/C=C\C/C=C\C/C=C\C/C=C\C/C=C\C/C=C\CCCCCCCCC(=O)OCC(COC(=O)CCCCCCC/C=C\CCC)OC(=O)CCCCCCCCCCCCCCCCCCCCCCCC. The third kappa shape index (κ3) is 66.8. The van der Waals surface area contributed by atoms with E-state index in [0.717, 1.165) is 135 Å². The van der Waals surface area contributed by atoms with Crippen molar-refractivity contribution < 1.29 is 28.6 Å². The van der Waals surface area contributed by atoms with Crippen LogP contribution in [0.15, 0.2) is 109 Å². The first-order chi connectivity index (χ1) is 40.0. The Hall–Kier alpha value is -3.93. The monoisotopic (exact) mass is 1120 g/mol. The largest absolute Gasteiger partial charge is 0.462 e. The summed E-state index contributed by atoms with van der Waals surface area (Å²) in [6.45, 7) is 6.48. The van der Waals surface area contributed by atoms with E-state index in [1.807, 2.05) is 0 Å². The molecule has 0 spiro atoms. The quantitative estimate of drug-likeness (QED) is 0.0261. The Bertz CT molecular complexity index is 1620. The van der Waals surface area contributed by atoms with Crippen LogP contribution in [0.1, 0.15) is 329 Å². The Morgan fingerprint density at radius 2 is 0.506 bits per heavy atom. The van der Waals surface area contributed by atoms with Gasteiger partial charge in [0.25, 0.3) is 0 Å². The zero-order valence-corrected chi connectivity index (χ0v) is 53.3. The minimum Gasteiger partial charge on any atom is -0.462 e. The molecule has 464 valence electrons. The number of unbranched alkanes of at least 4 members (excludes halogenated alkanes) is 33. The number of allylic oxidation sites excluding steroid dienone is 18. The average Bonchev–Trinajstić information content (AvgIpc) is 3.47. The zero-order chi connectivity index (χ0) is 58.5. The summed E-state index contributed by atoms with van der Waals surface area (Å²) in [5, 5.41) is 0. The molecule has 6 nitrogen and oxygen atoms in total. The molecule has 0 heterocycles. The standard InChI is InChI=1S/C75H128O6/c1-4-7-10-13-16-19-22-24-26-28-30-32-34-35-36-37-38-39-40-41-42-44-45-47-49-51-53-56-59-62-65-68-74(77)80-71-72(70-79-73(76)67-64-61-58-55-21-18-15-12-9-6-3)81-75(78)69-66-63-60-57-54-52-50-48-46-43-33-31-29-27-25-23-20-17-14-11-8-5-2/h7,10,12,15-16,19,24,26,30,32,35-36,38-39,41-42,45,47,72H,4-6,8-9,11,13-14,17-18,20-23,25,27-29,31,33-34,37,40,43-44,46,48-71H2,1-3H3/b10-7-,15-12-,19-16-,26-24-,32-30-,36-35-,39-38-,42-41-,47-45-. The highest BCUT2D eigenvalue weighted by Gasteiger charge is 2.19. The maximum absolute atomic E-state index is 12.9. The van der Waals surface area contributed by atoms with E-state index in [4.69, 9.17) is 14.2 Å². The summed E-state index contributed by atoms with van der Waals surface area (Å²) in [5.74, 6) is -0.898. The molecule has 0 radical (unpaired) electrons. The van der Waals surface area contributed by atoms with Crippen LogP contribution in [0.5, 0.6) is 0 Å². The molecule has 0 amide bonds. The van der Waals surface area contributed by atoms with Gasteiger partial charge in [-0.1, -0.05) is 316 Å². The first-order valence-corrected chi connectivity index (χ1v) is 34.4. The van der Waals surface area contributed by atoms with Crippen molar-refractivity contribution in [3.63, 3.8) is 0 Å². The van der Waals surface area contributed by atoms with Gasteiger partial charge in [0.1, 0.15) is 13.2 Å². The number of carbonyl (C=O) groups is 3. The van der Waals surface area contributed by atoms with Crippen LogP contribution in [0, 0.1) is 0 Å². The summed E-state index contributed by atoms with van der Waals surface area (Å²) in [6.07, 6.45) is 94.0. The minimum absolute atomic E-state index is 0.0851. The van der Waals surface area contributed by atoms with E-state index < -0.39 is 6.10 Å². The van der Waals surface area contributed by atoms with Gasteiger partial charge in [0.05, 0.1) is 0 Å². The number of rotatable bonds is 62. The van der Waals surface area contributed by atoms with Gasteiger partial charge in [0.15, 0.2) is 6.10 Å². The normalized spacial score (nSPS) is 12.8. The number of carbonyl (C=O) groups excluding carboxylic acids is 3. The maximum Gasteiger partial charge on any atom is 0.306 e. The molecule has 81 heavy (non-hydrogen) atoms. The highest BCUT2D eigenvalue weighted by molar-refractivity contribution is 5.71. The van der Waals surface area contributed by atoms with Crippen molar-refractivity contribution in [2.75, 3.05) is 13.2 Å². The number of hydrogen-bond acceptors (Lipinski definition) is 6. The Balaban J connectivity index is 4.25. The summed E-state index contributed by atoms with van der Waals surface area (Å²) in [5.41, 5.74) is 0. The summed E-state index contributed by atoms with van der Waals surface area (Å²) < 4.78 is 16.9. The summed E-state index contributed by atoms with van der Waals surface area (Å²) in [4.78, 5) is 38.3. The van der Waals surface area contributed by atoms with Gasteiger partial charge in [0.2, 0.25) is 0 Å². The molecular weight excluding hydrogens is 997 g/mol. The lowest BCUT2D eigenvalue weighted by molar-refractivity contribution is -0.167. The van der Waals surface area contributed by atoms with Crippen molar-refractivity contribution in [2.24, 2.45) is 0 Å². The van der Waals surface area contributed by atoms with Crippen LogP contribution in [0.3, 0.4) is 0 Å². The number of esters is 3. The first kappa shape index (κ1) is 77.1. The smallest absolute Gasteiger partial charge is 0.306 e. The van der Waals surface area contributed by atoms with Crippen LogP contribution in [0.2, 0.25) is 0 Å². The van der Waals surface area contributed by atoms with Crippen molar-refractivity contribution in [3.8, 4) is 0 Å². The highest BCUT2D eigenvalue weighted by Crippen LogP contribution is 2.17. The van der Waals surface area contributed by atoms with Crippen molar-refractivity contribution in [1.82, 2.24) is 0 Å². The van der Waals surface area contributed by atoms with Crippen LogP contribution in [0.4, 0.5) is 0 Å². The zero-order valence-electron chi connectivity index (χ0n) is 53.3. The molecule has 0 bridgehead atoms. The lowest BCUT2D eigenvalue weighted by Crippen LogP contribution is -2.30. The fraction of sp³-hybridized carbons (Fsp3) is 0.720. The molecule has 0 rings (SSSR count). The van der Waals surface area contributed by atoms with Gasteiger partial charge in [-0.2, -0.15) is 0 Å². The van der Waals surface area contributed by atoms with E-state index in [-0.39, 0.29) is 31.1 Å². The van der Waals surface area contributed by atoms with E-state index in [9.17, 15) is 14.4 Å². The second-order valence-electron chi connectivity index (χ2n) is 22.7. The van der Waals surface area contributed by atoms with Crippen LogP contribution >= 0.6 is 0 Å². The van der Waals surface area contributed by atoms with Crippen LogP contribution < -0.4 is 0 Å². The van der Waals surface area contributed by atoms with E-state index >= 15 is 0 Å². The topological polar surface area (TPSA) is 78.9 Å². The predicted octanol–water partition coefficient (Wildman–Crippen LogP) is 23.8.